The van der Waals surface area contributed by atoms with Crippen molar-refractivity contribution in [3.05, 3.63) is 0 Å². The SMILES string of the molecule is CNN(CC(=O)O)NC. The summed E-state index contributed by atoms with van der Waals surface area (Å²) in [4.78, 5) is 10.0. The van der Waals surface area contributed by atoms with E-state index in [0.29, 0.717) is 0 Å². The fraction of sp³-hybridized carbons (Fsp3) is 0.750. The minimum atomic E-state index is -0.876. The average Bonchev–Trinajstić information content (AvgIpc) is 1.82. The molecule has 0 aliphatic heterocycles. The van der Waals surface area contributed by atoms with E-state index < -0.39 is 5.97 Å². The average molecular weight is 133 g/mol. The molecule has 0 rings (SSSR count). The van der Waals surface area contributed by atoms with E-state index in [1.807, 2.05) is 0 Å². The number of aliphatic carboxylic acids is 1. The third-order valence-corrected chi connectivity index (χ3v) is 0.833. The molecule has 5 heteroatoms. The quantitative estimate of drug-likeness (QED) is 0.413. The topological polar surface area (TPSA) is 64.6 Å². The molecule has 0 aliphatic rings. The summed E-state index contributed by atoms with van der Waals surface area (Å²) in [6, 6.07) is 0. The van der Waals surface area contributed by atoms with Gasteiger partial charge in [-0.1, -0.05) is 0 Å². The normalized spacial score (nSPS) is 10.1. The van der Waals surface area contributed by atoms with Crippen molar-refractivity contribution in [3.8, 4) is 0 Å². The van der Waals surface area contributed by atoms with Crippen LogP contribution in [0.1, 0.15) is 0 Å². The molecule has 5 nitrogen and oxygen atoms in total. The highest BCUT2D eigenvalue weighted by molar-refractivity contribution is 5.68. The largest absolute Gasteiger partial charge is 0.480 e. The molecule has 0 aromatic carbocycles. The predicted octanol–water partition coefficient (Wildman–Crippen LogP) is -1.36. The molecule has 9 heavy (non-hydrogen) atoms. The van der Waals surface area contributed by atoms with E-state index in [0.717, 1.165) is 0 Å². The number of carboxylic acids is 1. The third kappa shape index (κ3) is 3.89. The van der Waals surface area contributed by atoms with Crippen molar-refractivity contribution in [2.24, 2.45) is 0 Å². The van der Waals surface area contributed by atoms with Crippen LogP contribution >= 0.6 is 0 Å². The van der Waals surface area contributed by atoms with Gasteiger partial charge in [0.05, 0.1) is 0 Å². The first-order valence-corrected chi connectivity index (χ1v) is 2.54. The molecule has 3 N–H and O–H groups in total. The fourth-order valence-corrected chi connectivity index (χ4v) is 0.405. The minimum Gasteiger partial charge on any atom is -0.480 e. The lowest BCUT2D eigenvalue weighted by atomic mass is 10.7. The van der Waals surface area contributed by atoms with E-state index in [4.69, 9.17) is 5.11 Å². The summed E-state index contributed by atoms with van der Waals surface area (Å²) in [5, 5.41) is 9.57. The van der Waals surface area contributed by atoms with Gasteiger partial charge in [0, 0.05) is 14.1 Å². The molecule has 0 saturated carbocycles. The summed E-state index contributed by atoms with van der Waals surface area (Å²) in [5.41, 5.74) is 5.25. The van der Waals surface area contributed by atoms with E-state index in [1.165, 1.54) is 5.12 Å². The van der Waals surface area contributed by atoms with E-state index >= 15 is 0 Å². The molecule has 0 fully saturated rings. The van der Waals surface area contributed by atoms with Crippen LogP contribution in [0.3, 0.4) is 0 Å². The second kappa shape index (κ2) is 4.25. The monoisotopic (exact) mass is 133 g/mol. The van der Waals surface area contributed by atoms with Crippen LogP contribution in [-0.2, 0) is 4.79 Å². The van der Waals surface area contributed by atoms with E-state index in [1.54, 1.807) is 14.1 Å². The second-order valence-electron chi connectivity index (χ2n) is 1.43. The summed E-state index contributed by atoms with van der Waals surface area (Å²) in [6.07, 6.45) is 0. The lowest BCUT2D eigenvalue weighted by Gasteiger charge is -2.15. The first-order valence-electron chi connectivity index (χ1n) is 2.54. The molecule has 0 bridgehead atoms. The molecule has 0 amide bonds. The van der Waals surface area contributed by atoms with Gasteiger partial charge in [-0.25, -0.2) is 10.9 Å². The first-order chi connectivity index (χ1) is 4.20. The number of nitrogens with zero attached hydrogens (tertiary/aromatic N) is 1. The Morgan fingerprint density at radius 2 is 2.00 bits per heavy atom. The molecule has 0 aromatic heterocycles. The van der Waals surface area contributed by atoms with Crippen molar-refractivity contribution in [3.63, 3.8) is 0 Å². The van der Waals surface area contributed by atoms with Crippen molar-refractivity contribution in [1.82, 2.24) is 16.0 Å². The first kappa shape index (κ1) is 8.35. The Kier molecular flexibility index (Phi) is 3.94. The molecule has 0 atom stereocenters. The number of rotatable bonds is 4. The zero-order valence-electron chi connectivity index (χ0n) is 5.51. The highest BCUT2D eigenvalue weighted by Crippen LogP contribution is 1.70. The van der Waals surface area contributed by atoms with Crippen molar-refractivity contribution in [2.45, 2.75) is 0 Å². The van der Waals surface area contributed by atoms with Crippen LogP contribution in [0.25, 0.3) is 0 Å². The maximum atomic E-state index is 10.0. The smallest absolute Gasteiger partial charge is 0.320 e. The number of hydrogen-bond donors (Lipinski definition) is 3. The fourth-order valence-electron chi connectivity index (χ4n) is 0.405. The van der Waals surface area contributed by atoms with Crippen molar-refractivity contribution in [1.29, 1.82) is 0 Å². The molecule has 0 spiro atoms. The molecule has 0 aromatic rings. The zero-order valence-corrected chi connectivity index (χ0v) is 5.51. The van der Waals surface area contributed by atoms with Gasteiger partial charge >= 0.3 is 5.97 Å². The lowest BCUT2D eigenvalue weighted by Crippen LogP contribution is -2.46. The van der Waals surface area contributed by atoms with Crippen molar-refractivity contribution in [2.75, 3.05) is 20.6 Å². The van der Waals surface area contributed by atoms with Gasteiger partial charge in [0.1, 0.15) is 6.54 Å². The van der Waals surface area contributed by atoms with Crippen molar-refractivity contribution >= 4 is 5.97 Å². The lowest BCUT2D eigenvalue weighted by molar-refractivity contribution is -0.139. The van der Waals surface area contributed by atoms with Crippen LogP contribution in [0.2, 0.25) is 0 Å². The van der Waals surface area contributed by atoms with Crippen LogP contribution in [-0.4, -0.2) is 36.8 Å². The van der Waals surface area contributed by atoms with E-state index in [2.05, 4.69) is 10.9 Å². The maximum Gasteiger partial charge on any atom is 0.320 e. The van der Waals surface area contributed by atoms with Gasteiger partial charge in [-0.2, -0.15) is 5.12 Å². The molecular formula is C4H11N3O2. The van der Waals surface area contributed by atoms with Crippen LogP contribution in [0, 0.1) is 0 Å². The van der Waals surface area contributed by atoms with Gasteiger partial charge < -0.3 is 5.11 Å². The summed E-state index contributed by atoms with van der Waals surface area (Å²) in [5.74, 6) is -0.876. The Morgan fingerprint density at radius 3 is 2.11 bits per heavy atom. The van der Waals surface area contributed by atoms with Gasteiger partial charge in [-0.15, -0.1) is 0 Å². The Bertz CT molecular complexity index is 91.8. The van der Waals surface area contributed by atoms with E-state index in [-0.39, 0.29) is 6.54 Å². The molecule has 0 radical (unpaired) electrons. The molecule has 0 aliphatic carbocycles. The van der Waals surface area contributed by atoms with E-state index in [9.17, 15) is 4.79 Å². The van der Waals surface area contributed by atoms with Gasteiger partial charge in [-0.05, 0) is 0 Å². The van der Waals surface area contributed by atoms with Crippen LogP contribution < -0.4 is 10.9 Å². The Labute approximate surface area is 53.6 Å². The molecule has 54 valence electrons. The van der Waals surface area contributed by atoms with Gasteiger partial charge in [-0.3, -0.25) is 4.79 Å². The Balaban J connectivity index is 3.43. The third-order valence-electron chi connectivity index (χ3n) is 0.833. The molecule has 0 saturated heterocycles. The van der Waals surface area contributed by atoms with Gasteiger partial charge in [0.25, 0.3) is 0 Å². The summed E-state index contributed by atoms with van der Waals surface area (Å²) < 4.78 is 0. The second-order valence-corrected chi connectivity index (χ2v) is 1.43. The van der Waals surface area contributed by atoms with Crippen LogP contribution in [0.5, 0.6) is 0 Å². The van der Waals surface area contributed by atoms with Crippen LogP contribution in [0.15, 0.2) is 0 Å². The van der Waals surface area contributed by atoms with Crippen molar-refractivity contribution < 1.29 is 9.90 Å². The number of carboxylic acid groups (broad SMARTS) is 1. The number of hydrazine groups is 2. The Morgan fingerprint density at radius 1 is 1.56 bits per heavy atom. The Hall–Kier alpha value is -0.650. The predicted molar refractivity (Wildman–Crippen MR) is 32.5 cm³/mol. The standard InChI is InChI=1S/C4H11N3O2/c1-5-7(6-2)3-4(8)9/h5-6H,3H2,1-2H3,(H,8,9). The zero-order chi connectivity index (χ0) is 7.28. The molecule has 0 unspecified atom stereocenters. The highest BCUT2D eigenvalue weighted by Gasteiger charge is 2.02. The summed E-state index contributed by atoms with van der Waals surface area (Å²) in [7, 11) is 3.28. The number of carbonyl (C=O) groups is 1. The number of hydrogen-bond acceptors (Lipinski definition) is 4. The maximum absolute atomic E-state index is 10.0. The van der Waals surface area contributed by atoms with Gasteiger partial charge in [0.15, 0.2) is 0 Å². The van der Waals surface area contributed by atoms with Gasteiger partial charge in [0.2, 0.25) is 0 Å². The summed E-state index contributed by atoms with van der Waals surface area (Å²) in [6.45, 7) is -0.0625. The number of nitrogens with one attached hydrogen (secondary N) is 2. The summed E-state index contributed by atoms with van der Waals surface area (Å²) >= 11 is 0. The molecule has 0 heterocycles. The van der Waals surface area contributed by atoms with Crippen LogP contribution in [0.4, 0.5) is 0 Å². The minimum absolute atomic E-state index is 0.0625. The molecular weight excluding hydrogens is 122 g/mol. The highest BCUT2D eigenvalue weighted by atomic mass is 16.4.